The fourth-order valence-electron chi connectivity index (χ4n) is 3.21. The number of hydrogen-bond donors (Lipinski definition) is 3. The molecule has 1 amide bonds. The van der Waals surface area contributed by atoms with Crippen molar-refractivity contribution in [2.75, 3.05) is 13.2 Å². The molecule has 4 rings (SSSR count). The number of amides is 1. The number of nitrogens with zero attached hydrogens (tertiary/aromatic N) is 2. The third-order valence-corrected chi connectivity index (χ3v) is 8.09. The van der Waals surface area contributed by atoms with Gasteiger partial charge in [-0.1, -0.05) is 36.4 Å². The van der Waals surface area contributed by atoms with Crippen LogP contribution in [0.5, 0.6) is 0 Å². The van der Waals surface area contributed by atoms with Crippen molar-refractivity contribution in [3.8, 4) is 0 Å². The molecular formula is C22H20F4N4O5S2. The molecule has 1 aromatic heterocycles. The molecule has 0 bridgehead atoms. The van der Waals surface area contributed by atoms with Crippen LogP contribution in [0.15, 0.2) is 63.8 Å². The summed E-state index contributed by atoms with van der Waals surface area (Å²) in [5.74, 6) is -3.23. The number of thiophene rings is 1. The highest BCUT2D eigenvalue weighted by atomic mass is 32.2. The minimum atomic E-state index is -5.08. The Morgan fingerprint density at radius 2 is 1.84 bits per heavy atom. The maximum atomic E-state index is 13.4. The first-order valence-electron chi connectivity index (χ1n) is 10.4. The van der Waals surface area contributed by atoms with Gasteiger partial charge in [0.15, 0.2) is 0 Å². The van der Waals surface area contributed by atoms with E-state index in [1.807, 2.05) is 30.3 Å². The highest BCUT2D eigenvalue weighted by Gasteiger charge is 2.38. The van der Waals surface area contributed by atoms with Crippen molar-refractivity contribution in [1.29, 1.82) is 0 Å². The molecular weight excluding hydrogens is 540 g/mol. The number of fused-ring (bicyclic) bond motifs is 1. The predicted molar refractivity (Wildman–Crippen MR) is 128 cm³/mol. The first kappa shape index (κ1) is 28.0. The van der Waals surface area contributed by atoms with Gasteiger partial charge in [0.05, 0.1) is 0 Å². The summed E-state index contributed by atoms with van der Waals surface area (Å²) in [6.45, 7) is 0.426. The van der Waals surface area contributed by atoms with E-state index in [-0.39, 0.29) is 16.8 Å². The van der Waals surface area contributed by atoms with Crippen LogP contribution in [-0.2, 0) is 19.6 Å². The summed E-state index contributed by atoms with van der Waals surface area (Å²) < 4.78 is 73.6. The van der Waals surface area contributed by atoms with Gasteiger partial charge in [-0.25, -0.2) is 22.6 Å². The van der Waals surface area contributed by atoms with Crippen LogP contribution < -0.4 is 10.5 Å². The van der Waals surface area contributed by atoms with Gasteiger partial charge < -0.3 is 15.7 Å². The van der Waals surface area contributed by atoms with Crippen molar-refractivity contribution in [2.45, 2.75) is 22.8 Å². The number of sulfonamides is 1. The number of hydrogen-bond acceptors (Lipinski definition) is 6. The zero-order chi connectivity index (χ0) is 27.4. The Kier molecular flexibility index (Phi) is 8.50. The lowest BCUT2D eigenvalue weighted by atomic mass is 10.2. The standard InChI is InChI=1S/C20H19FN4O3S2.C2HF3O2/c21-15-7-6-14-10-18(29-17(14)11-15)30(27,28)24-16-8-9-25(20(16)26)12-23-19(22)13-4-2-1-3-5-13;3-2(4,5)1(6)7/h1-7,10-11,16,24H,8-9,12H2,(H2,22,23);(H,6,7)/t16-;/m0./s1. The number of likely N-dealkylation sites (tertiary alicyclic amines) is 1. The number of aliphatic imine (C=N–C) groups is 1. The summed E-state index contributed by atoms with van der Waals surface area (Å²) in [6, 6.07) is 13.9. The van der Waals surface area contributed by atoms with E-state index in [1.165, 1.54) is 29.2 Å². The SMILES string of the molecule is NC(=NCN1CC[C@H](NS(=O)(=O)c2cc3ccc(F)cc3s2)C1=O)c1ccccc1.O=C(O)C(F)(F)F. The molecule has 0 radical (unpaired) electrons. The van der Waals surface area contributed by atoms with E-state index in [4.69, 9.17) is 15.6 Å². The number of carbonyl (C=O) groups excluding carboxylic acids is 1. The van der Waals surface area contributed by atoms with Crippen LogP contribution in [0.3, 0.4) is 0 Å². The highest BCUT2D eigenvalue weighted by molar-refractivity contribution is 7.91. The summed E-state index contributed by atoms with van der Waals surface area (Å²) in [6.07, 6.45) is -4.75. The minimum Gasteiger partial charge on any atom is -0.475 e. The van der Waals surface area contributed by atoms with Crippen LogP contribution in [0.4, 0.5) is 17.6 Å². The Morgan fingerprint density at radius 3 is 2.46 bits per heavy atom. The molecule has 0 spiro atoms. The number of alkyl halides is 3. The summed E-state index contributed by atoms with van der Waals surface area (Å²) in [4.78, 5) is 27.2. The van der Waals surface area contributed by atoms with Gasteiger partial charge in [-0.15, -0.1) is 11.3 Å². The molecule has 1 atom stereocenters. The van der Waals surface area contributed by atoms with Crippen LogP contribution in [0, 0.1) is 5.82 Å². The zero-order valence-electron chi connectivity index (χ0n) is 18.8. The van der Waals surface area contributed by atoms with E-state index in [0.29, 0.717) is 28.9 Å². The Hall–Kier alpha value is -3.56. The number of carboxylic acid groups (broad SMARTS) is 1. The quantitative estimate of drug-likeness (QED) is 0.241. The third-order valence-electron chi connectivity index (χ3n) is 5.04. The van der Waals surface area contributed by atoms with E-state index in [2.05, 4.69) is 9.71 Å². The Labute approximate surface area is 212 Å². The fourth-order valence-corrected chi connectivity index (χ4v) is 5.87. The van der Waals surface area contributed by atoms with Crippen molar-refractivity contribution < 1.29 is 40.7 Å². The summed E-state index contributed by atoms with van der Waals surface area (Å²) in [5.41, 5.74) is 6.71. The number of rotatable bonds is 6. The van der Waals surface area contributed by atoms with Crippen LogP contribution >= 0.6 is 11.3 Å². The van der Waals surface area contributed by atoms with Gasteiger partial charge in [-0.2, -0.15) is 17.9 Å². The number of halogens is 4. The summed E-state index contributed by atoms with van der Waals surface area (Å²) >= 11 is 0.962. The summed E-state index contributed by atoms with van der Waals surface area (Å²) in [5, 5.41) is 7.76. The number of nitrogens with one attached hydrogen (secondary N) is 1. The molecule has 9 nitrogen and oxygen atoms in total. The Bertz CT molecular complexity index is 1430. The molecule has 0 aliphatic carbocycles. The van der Waals surface area contributed by atoms with Gasteiger partial charge in [-0.3, -0.25) is 4.79 Å². The average molecular weight is 561 g/mol. The molecule has 198 valence electrons. The lowest BCUT2D eigenvalue weighted by Crippen LogP contribution is -2.41. The molecule has 3 aromatic rings. The van der Waals surface area contributed by atoms with Crippen LogP contribution in [0.1, 0.15) is 12.0 Å². The van der Waals surface area contributed by atoms with E-state index in [9.17, 15) is 30.8 Å². The van der Waals surface area contributed by atoms with Gasteiger partial charge in [0, 0.05) is 16.8 Å². The monoisotopic (exact) mass is 560 g/mol. The van der Waals surface area contributed by atoms with E-state index in [1.54, 1.807) is 0 Å². The normalized spacial score (nSPS) is 16.5. The molecule has 1 fully saturated rings. The molecule has 0 unspecified atom stereocenters. The minimum absolute atomic E-state index is 0.0423. The lowest BCUT2D eigenvalue weighted by molar-refractivity contribution is -0.192. The van der Waals surface area contributed by atoms with Crippen molar-refractivity contribution in [3.05, 3.63) is 66.0 Å². The number of benzene rings is 2. The van der Waals surface area contributed by atoms with Crippen molar-refractivity contribution in [3.63, 3.8) is 0 Å². The smallest absolute Gasteiger partial charge is 0.475 e. The van der Waals surface area contributed by atoms with Gasteiger partial charge in [0.2, 0.25) is 5.91 Å². The van der Waals surface area contributed by atoms with E-state index >= 15 is 0 Å². The molecule has 2 aromatic carbocycles. The number of carbonyl (C=O) groups is 2. The van der Waals surface area contributed by atoms with Crippen LogP contribution in [0.25, 0.3) is 10.1 Å². The molecule has 1 aliphatic rings. The second-order valence-electron chi connectivity index (χ2n) is 7.67. The molecule has 4 N–H and O–H groups in total. The number of amidine groups is 1. The molecule has 37 heavy (non-hydrogen) atoms. The van der Waals surface area contributed by atoms with Gasteiger partial charge in [0.25, 0.3) is 10.0 Å². The van der Waals surface area contributed by atoms with Crippen molar-refractivity contribution >= 4 is 49.2 Å². The Morgan fingerprint density at radius 1 is 1.19 bits per heavy atom. The second-order valence-corrected chi connectivity index (χ2v) is 10.7. The Balaban J connectivity index is 0.000000479. The van der Waals surface area contributed by atoms with E-state index < -0.39 is 34.0 Å². The molecule has 1 aliphatic heterocycles. The average Bonchev–Trinajstić information content (AvgIpc) is 3.41. The summed E-state index contributed by atoms with van der Waals surface area (Å²) in [7, 11) is -3.91. The third kappa shape index (κ3) is 7.24. The van der Waals surface area contributed by atoms with Crippen molar-refractivity contribution in [2.24, 2.45) is 10.7 Å². The maximum absolute atomic E-state index is 13.4. The largest absolute Gasteiger partial charge is 0.490 e. The number of nitrogens with two attached hydrogens (primary N) is 1. The maximum Gasteiger partial charge on any atom is 0.490 e. The van der Waals surface area contributed by atoms with Gasteiger partial charge in [-0.05, 0) is 30.0 Å². The van der Waals surface area contributed by atoms with Gasteiger partial charge >= 0.3 is 12.1 Å². The van der Waals surface area contributed by atoms with E-state index in [0.717, 1.165) is 16.9 Å². The van der Waals surface area contributed by atoms with Crippen LogP contribution in [0.2, 0.25) is 0 Å². The second kappa shape index (κ2) is 11.2. The molecule has 15 heteroatoms. The molecule has 0 saturated carbocycles. The van der Waals surface area contributed by atoms with Gasteiger partial charge in [0.1, 0.15) is 28.6 Å². The van der Waals surface area contributed by atoms with Crippen LogP contribution in [-0.4, -0.2) is 61.6 Å². The topological polar surface area (TPSA) is 142 Å². The predicted octanol–water partition coefficient (Wildman–Crippen LogP) is 2.92. The molecule has 1 saturated heterocycles. The highest BCUT2D eigenvalue weighted by Crippen LogP contribution is 2.30. The first-order chi connectivity index (χ1) is 17.3. The first-order valence-corrected chi connectivity index (χ1v) is 12.7. The van der Waals surface area contributed by atoms with Crippen molar-refractivity contribution in [1.82, 2.24) is 9.62 Å². The lowest BCUT2D eigenvalue weighted by Gasteiger charge is -2.15. The fraction of sp³-hybridized carbons (Fsp3) is 0.227. The zero-order valence-corrected chi connectivity index (χ0v) is 20.4. The number of aliphatic carboxylic acids is 1. The number of carboxylic acids is 1. The molecule has 2 heterocycles.